The van der Waals surface area contributed by atoms with Gasteiger partial charge in [-0.1, -0.05) is 6.07 Å². The molecule has 2 aromatic heterocycles. The summed E-state index contributed by atoms with van der Waals surface area (Å²) in [5.74, 6) is -1.99. The number of carbonyl (C=O) groups is 1. The number of carbonyl (C=O) groups excluding carboxylic acids is 1. The molecule has 18 heteroatoms. The number of nitrogens with zero attached hydrogens (tertiary/aromatic N) is 5. The second kappa shape index (κ2) is 17.4. The molecule has 8 rings (SSSR count). The molecule has 3 N–H and O–H groups in total. The maximum Gasteiger partial charge on any atom is 0.417 e. The minimum atomic E-state index is -5.00. The summed E-state index contributed by atoms with van der Waals surface area (Å²) < 4.78 is 100. The molecule has 4 aliphatic rings. The van der Waals surface area contributed by atoms with Crippen LogP contribution in [0.25, 0.3) is 32.1 Å². The summed E-state index contributed by atoms with van der Waals surface area (Å²) in [4.78, 5) is 24.0. The number of thiophene rings is 1. The Morgan fingerprint density at radius 1 is 1.16 bits per heavy atom. The largest absolute Gasteiger partial charge is 0.467 e. The van der Waals surface area contributed by atoms with E-state index < -0.39 is 40.6 Å². The Morgan fingerprint density at radius 2 is 1.91 bits per heavy atom. The van der Waals surface area contributed by atoms with Gasteiger partial charge in [0.1, 0.15) is 40.5 Å². The van der Waals surface area contributed by atoms with E-state index in [-0.39, 0.29) is 68.0 Å². The molecule has 4 aliphatic heterocycles. The number of likely N-dealkylation sites (tertiary alicyclic amines) is 1. The minimum Gasteiger partial charge on any atom is -0.467 e. The van der Waals surface area contributed by atoms with Crippen molar-refractivity contribution < 1.29 is 45.3 Å². The lowest BCUT2D eigenvalue weighted by atomic mass is 9.92. The molecule has 4 aromatic rings. The number of amides is 1. The van der Waals surface area contributed by atoms with E-state index in [0.29, 0.717) is 30.5 Å². The lowest BCUT2D eigenvalue weighted by molar-refractivity contribution is -0.157. The fourth-order valence-electron chi connectivity index (χ4n) is 7.73. The van der Waals surface area contributed by atoms with E-state index in [4.69, 9.17) is 19.9 Å². The number of fused-ring (bicyclic) bond motifs is 3. The molecule has 0 aliphatic carbocycles. The smallest absolute Gasteiger partial charge is 0.417 e. The van der Waals surface area contributed by atoms with Gasteiger partial charge in [-0.05, 0) is 63.3 Å². The second-order valence-electron chi connectivity index (χ2n) is 13.9. The van der Waals surface area contributed by atoms with Crippen LogP contribution < -0.4 is 15.8 Å². The molecule has 6 heterocycles. The van der Waals surface area contributed by atoms with Crippen LogP contribution in [0.1, 0.15) is 56.6 Å². The average molecular weight is 808 g/mol. The predicted octanol–water partition coefficient (Wildman–Crippen LogP) is 7.31. The van der Waals surface area contributed by atoms with Gasteiger partial charge in [-0.3, -0.25) is 9.69 Å². The highest BCUT2D eigenvalue weighted by Crippen LogP contribution is 2.47. The number of hydrogen-bond donors (Lipinski definition) is 2. The first kappa shape index (κ1) is 41.2. The highest BCUT2D eigenvalue weighted by molar-refractivity contribution is 7.23. The van der Waals surface area contributed by atoms with Crippen LogP contribution in [-0.2, 0) is 20.4 Å². The second-order valence-corrected chi connectivity index (χ2v) is 15.0. The van der Waals surface area contributed by atoms with Crippen molar-refractivity contribution in [2.24, 2.45) is 0 Å². The Hall–Kier alpha value is -4.44. The lowest BCUT2D eigenvalue weighted by Gasteiger charge is -2.32. The Labute approximate surface area is 323 Å². The SMILES string of the molecule is CCNc1nc(OC)nc2c(F)c(-c3ccc(F)c4sc(N)c(C#N)c34)c(C(F)(F)F)cc12.COCC1CCCN1C(=O)C1CCO1.FC1CC2CCCN2C1. The van der Waals surface area contributed by atoms with Gasteiger partial charge in [-0.15, -0.1) is 11.3 Å². The maximum atomic E-state index is 15.9. The van der Waals surface area contributed by atoms with Crippen LogP contribution >= 0.6 is 11.3 Å². The highest BCUT2D eigenvalue weighted by Gasteiger charge is 2.39. The molecule has 302 valence electrons. The monoisotopic (exact) mass is 807 g/mol. The Balaban J connectivity index is 0.000000186. The van der Waals surface area contributed by atoms with Crippen LogP contribution in [0, 0.1) is 23.0 Å². The number of nitrogens with two attached hydrogens (primary N) is 1. The van der Waals surface area contributed by atoms with Gasteiger partial charge in [0.15, 0.2) is 5.82 Å². The normalized spacial score (nSPS) is 21.8. The molecular formula is C38H43F6N7O4S. The van der Waals surface area contributed by atoms with Gasteiger partial charge >= 0.3 is 12.2 Å². The van der Waals surface area contributed by atoms with Crippen LogP contribution in [0.3, 0.4) is 0 Å². The zero-order valence-corrected chi connectivity index (χ0v) is 32.0. The van der Waals surface area contributed by atoms with E-state index in [1.54, 1.807) is 20.1 Å². The minimum absolute atomic E-state index is 0.0444. The summed E-state index contributed by atoms with van der Waals surface area (Å²) in [6.07, 6.45) is 0.692. The molecule has 11 nitrogen and oxygen atoms in total. The molecule has 0 radical (unpaired) electrons. The number of hydrogen-bond acceptors (Lipinski definition) is 11. The van der Waals surface area contributed by atoms with Crippen LogP contribution in [-0.4, -0.2) is 104 Å². The first-order chi connectivity index (χ1) is 26.8. The number of rotatable bonds is 7. The van der Waals surface area contributed by atoms with Gasteiger partial charge in [-0.2, -0.15) is 28.4 Å². The van der Waals surface area contributed by atoms with Crippen molar-refractivity contribution in [1.29, 1.82) is 5.26 Å². The maximum absolute atomic E-state index is 15.9. The van der Waals surface area contributed by atoms with Crippen molar-refractivity contribution in [3.8, 4) is 23.2 Å². The first-order valence-corrected chi connectivity index (χ1v) is 19.2. The van der Waals surface area contributed by atoms with Gasteiger partial charge in [-0.25, -0.2) is 13.2 Å². The number of nitriles is 1. The van der Waals surface area contributed by atoms with Crippen molar-refractivity contribution in [3.63, 3.8) is 0 Å². The van der Waals surface area contributed by atoms with Crippen LogP contribution in [0.15, 0.2) is 18.2 Å². The molecule has 0 spiro atoms. The summed E-state index contributed by atoms with van der Waals surface area (Å²) >= 11 is 0.698. The highest BCUT2D eigenvalue weighted by atomic mass is 32.1. The summed E-state index contributed by atoms with van der Waals surface area (Å²) in [6.45, 7) is 6.09. The van der Waals surface area contributed by atoms with E-state index in [0.717, 1.165) is 63.6 Å². The molecule has 0 saturated carbocycles. The Kier molecular flexibility index (Phi) is 12.8. The number of nitrogen functional groups attached to an aromatic ring is 1. The average Bonchev–Trinajstić information content (AvgIpc) is 3.93. The fraction of sp³-hybridized carbons (Fsp3) is 0.526. The van der Waals surface area contributed by atoms with Crippen molar-refractivity contribution in [2.45, 2.75) is 76.0 Å². The number of ether oxygens (including phenoxy) is 3. The molecule has 4 fully saturated rings. The summed E-state index contributed by atoms with van der Waals surface area (Å²) in [7, 11) is 2.91. The number of methoxy groups -OCH3 is 2. The van der Waals surface area contributed by atoms with E-state index in [9.17, 15) is 32.0 Å². The summed E-state index contributed by atoms with van der Waals surface area (Å²) in [6, 6.07) is 5.02. The molecular weight excluding hydrogens is 765 g/mol. The summed E-state index contributed by atoms with van der Waals surface area (Å²) in [5, 5.41) is 11.8. The van der Waals surface area contributed by atoms with Crippen LogP contribution in [0.4, 0.5) is 37.2 Å². The van der Waals surface area contributed by atoms with Gasteiger partial charge in [0.05, 0.1) is 42.2 Å². The number of aromatic nitrogens is 2. The quantitative estimate of drug-likeness (QED) is 0.183. The van der Waals surface area contributed by atoms with Crippen molar-refractivity contribution >= 4 is 49.1 Å². The van der Waals surface area contributed by atoms with Crippen molar-refractivity contribution in [1.82, 2.24) is 19.8 Å². The molecule has 2 aromatic carbocycles. The molecule has 1 amide bonds. The van der Waals surface area contributed by atoms with E-state index in [1.165, 1.54) is 20.0 Å². The number of benzene rings is 2. The van der Waals surface area contributed by atoms with Crippen LogP contribution in [0.2, 0.25) is 0 Å². The Bertz CT molecular complexity index is 2100. The van der Waals surface area contributed by atoms with Crippen molar-refractivity contribution in [2.75, 3.05) is 64.7 Å². The Morgan fingerprint density at radius 3 is 2.54 bits per heavy atom. The summed E-state index contributed by atoms with van der Waals surface area (Å²) in [5.41, 5.74) is 2.59. The van der Waals surface area contributed by atoms with Crippen LogP contribution in [0.5, 0.6) is 6.01 Å². The van der Waals surface area contributed by atoms with Gasteiger partial charge in [0, 0.05) is 55.5 Å². The number of halogens is 6. The van der Waals surface area contributed by atoms with E-state index in [1.807, 2.05) is 4.90 Å². The topological polar surface area (TPSA) is 139 Å². The third-order valence-corrected chi connectivity index (χ3v) is 11.4. The molecule has 4 atom stereocenters. The third kappa shape index (κ3) is 8.31. The third-order valence-electron chi connectivity index (χ3n) is 10.4. The zero-order valence-electron chi connectivity index (χ0n) is 31.1. The molecule has 56 heavy (non-hydrogen) atoms. The lowest BCUT2D eigenvalue weighted by Crippen LogP contribution is -2.48. The number of nitrogens with one attached hydrogen (secondary N) is 1. The van der Waals surface area contributed by atoms with Crippen molar-refractivity contribution in [3.05, 3.63) is 41.0 Å². The molecule has 4 unspecified atom stereocenters. The van der Waals surface area contributed by atoms with E-state index >= 15 is 4.39 Å². The number of alkyl halides is 4. The predicted molar refractivity (Wildman–Crippen MR) is 200 cm³/mol. The fourth-order valence-corrected chi connectivity index (χ4v) is 8.68. The van der Waals surface area contributed by atoms with Gasteiger partial charge in [0.25, 0.3) is 5.91 Å². The molecule has 4 saturated heterocycles. The first-order valence-electron chi connectivity index (χ1n) is 18.4. The van der Waals surface area contributed by atoms with Gasteiger partial charge in [0.2, 0.25) is 0 Å². The van der Waals surface area contributed by atoms with Gasteiger partial charge < -0.3 is 30.2 Å². The standard InChI is InChI=1S/C21H14F5N5OS.C10H17NO3.C7H12FN/c1-3-29-19-9-6-11(21(24,25)26)14(15(23)16(9)30-20(31-19)32-2)8-4-5-12(22)17-13(8)10(7-27)18(28)33-17;1-13-7-8-3-2-5-11(8)10(12)9-4-6-14-9;8-6-4-7-2-1-3-9(7)5-6/h4-6H,3,28H2,1-2H3,(H,29,30,31);8-9H,2-7H2,1H3;6-7H,1-5H2. The number of anilines is 2. The zero-order chi connectivity index (χ0) is 40.3. The van der Waals surface area contributed by atoms with E-state index in [2.05, 4.69) is 20.2 Å². The molecule has 0 bridgehead atoms.